The number of hydrogen-bond acceptors (Lipinski definition) is 2. The summed E-state index contributed by atoms with van der Waals surface area (Å²) in [5, 5.41) is 3.07. The van der Waals surface area contributed by atoms with E-state index in [0.29, 0.717) is 0 Å². The molecule has 1 fully saturated rings. The number of halogens is 2. The minimum Gasteiger partial charge on any atom is -0.325 e. The van der Waals surface area contributed by atoms with Crippen LogP contribution in [0.1, 0.15) is 33.6 Å². The van der Waals surface area contributed by atoms with Crippen molar-refractivity contribution in [3.63, 3.8) is 0 Å². The van der Waals surface area contributed by atoms with E-state index in [0.717, 1.165) is 0 Å². The average Bonchev–Trinajstić information content (AvgIpc) is 2.26. The first-order valence-corrected chi connectivity index (χ1v) is 5.20. The Balaban J connectivity index is 2.58. The maximum Gasteiger partial charge on any atom is 0.130 e. The Morgan fingerprint density at radius 3 is 2.29 bits per heavy atom. The fourth-order valence-corrected chi connectivity index (χ4v) is 2.08. The van der Waals surface area contributed by atoms with E-state index in [1.807, 2.05) is 13.8 Å². The van der Waals surface area contributed by atoms with Gasteiger partial charge in [-0.2, -0.15) is 0 Å². The summed E-state index contributed by atoms with van der Waals surface area (Å²) in [6.07, 6.45) is -1.15. The van der Waals surface area contributed by atoms with Crippen molar-refractivity contribution < 1.29 is 8.78 Å². The van der Waals surface area contributed by atoms with Gasteiger partial charge in [0.2, 0.25) is 0 Å². The van der Waals surface area contributed by atoms with Crippen molar-refractivity contribution in [2.75, 3.05) is 0 Å². The van der Waals surface area contributed by atoms with Crippen LogP contribution >= 0.6 is 0 Å². The molecule has 0 saturated heterocycles. The fourth-order valence-electron chi connectivity index (χ4n) is 2.08. The van der Waals surface area contributed by atoms with E-state index in [1.54, 1.807) is 6.92 Å². The standard InChI is InChI=1S/C10H20F2N2/c1-6(2)14-7(3)10(12)4-8(11)9(13)5-10/h6-9,14H,4-5,13H2,1-3H3. The van der Waals surface area contributed by atoms with Crippen LogP contribution in [0.4, 0.5) is 8.78 Å². The molecule has 0 bridgehead atoms. The Morgan fingerprint density at radius 2 is 1.93 bits per heavy atom. The van der Waals surface area contributed by atoms with Gasteiger partial charge in [-0.05, 0) is 6.92 Å². The zero-order chi connectivity index (χ0) is 10.9. The van der Waals surface area contributed by atoms with E-state index in [-0.39, 0.29) is 24.9 Å². The highest BCUT2D eigenvalue weighted by Crippen LogP contribution is 2.37. The van der Waals surface area contributed by atoms with Crippen molar-refractivity contribution >= 4 is 0 Å². The lowest BCUT2D eigenvalue weighted by molar-refractivity contribution is 0.106. The molecule has 1 saturated carbocycles. The molecule has 4 atom stereocenters. The van der Waals surface area contributed by atoms with Crippen LogP contribution in [0, 0.1) is 0 Å². The van der Waals surface area contributed by atoms with Crippen molar-refractivity contribution in [2.45, 2.75) is 63.6 Å². The van der Waals surface area contributed by atoms with Gasteiger partial charge in [0.05, 0.1) is 0 Å². The number of nitrogens with one attached hydrogen (secondary N) is 1. The second-order valence-corrected chi connectivity index (χ2v) is 4.67. The summed E-state index contributed by atoms with van der Waals surface area (Å²) >= 11 is 0. The van der Waals surface area contributed by atoms with Crippen LogP contribution in [-0.2, 0) is 0 Å². The molecule has 0 amide bonds. The molecule has 0 aliphatic heterocycles. The van der Waals surface area contributed by atoms with E-state index in [9.17, 15) is 8.78 Å². The highest BCUT2D eigenvalue weighted by atomic mass is 19.2. The molecule has 2 nitrogen and oxygen atoms in total. The zero-order valence-electron chi connectivity index (χ0n) is 9.06. The molecule has 4 unspecified atom stereocenters. The maximum atomic E-state index is 14.2. The van der Waals surface area contributed by atoms with Gasteiger partial charge in [0.15, 0.2) is 0 Å². The van der Waals surface area contributed by atoms with Gasteiger partial charge in [0.25, 0.3) is 0 Å². The second kappa shape index (κ2) is 4.11. The molecule has 0 radical (unpaired) electrons. The van der Waals surface area contributed by atoms with Crippen molar-refractivity contribution in [2.24, 2.45) is 5.73 Å². The van der Waals surface area contributed by atoms with Crippen LogP contribution in [0.3, 0.4) is 0 Å². The molecule has 0 spiro atoms. The van der Waals surface area contributed by atoms with Gasteiger partial charge >= 0.3 is 0 Å². The molecule has 1 aliphatic carbocycles. The molecule has 4 heteroatoms. The van der Waals surface area contributed by atoms with Crippen molar-refractivity contribution in [3.8, 4) is 0 Å². The molecule has 14 heavy (non-hydrogen) atoms. The van der Waals surface area contributed by atoms with Crippen molar-refractivity contribution in [1.82, 2.24) is 5.32 Å². The minimum atomic E-state index is -1.48. The average molecular weight is 206 g/mol. The molecular formula is C10H20F2N2. The molecule has 1 aliphatic rings. The monoisotopic (exact) mass is 206 g/mol. The molecule has 0 aromatic carbocycles. The predicted molar refractivity (Wildman–Crippen MR) is 53.7 cm³/mol. The predicted octanol–water partition coefficient (Wildman–Crippen LogP) is 1.54. The quantitative estimate of drug-likeness (QED) is 0.735. The van der Waals surface area contributed by atoms with Crippen LogP contribution in [0.5, 0.6) is 0 Å². The molecule has 84 valence electrons. The van der Waals surface area contributed by atoms with Crippen LogP contribution < -0.4 is 11.1 Å². The van der Waals surface area contributed by atoms with Crippen molar-refractivity contribution in [3.05, 3.63) is 0 Å². The van der Waals surface area contributed by atoms with Crippen molar-refractivity contribution in [1.29, 1.82) is 0 Å². The lowest BCUT2D eigenvalue weighted by Gasteiger charge is -2.29. The number of alkyl halides is 2. The Kier molecular flexibility index (Phi) is 3.48. The summed E-state index contributed by atoms with van der Waals surface area (Å²) in [5.74, 6) is 0. The molecule has 3 N–H and O–H groups in total. The summed E-state index contributed by atoms with van der Waals surface area (Å²) in [6.45, 7) is 5.65. The minimum absolute atomic E-state index is 0.0744. The van der Waals surface area contributed by atoms with Crippen LogP contribution in [0.2, 0.25) is 0 Å². The van der Waals surface area contributed by atoms with Gasteiger partial charge in [0, 0.05) is 31.0 Å². The van der Waals surface area contributed by atoms with E-state index in [4.69, 9.17) is 5.73 Å². The Bertz CT molecular complexity index is 187. The van der Waals surface area contributed by atoms with E-state index in [1.165, 1.54) is 0 Å². The number of hydrogen-bond donors (Lipinski definition) is 2. The van der Waals surface area contributed by atoms with Gasteiger partial charge in [-0.15, -0.1) is 0 Å². The normalized spacial score (nSPS) is 40.5. The highest BCUT2D eigenvalue weighted by Gasteiger charge is 2.48. The third-order valence-corrected chi connectivity index (χ3v) is 2.93. The first-order chi connectivity index (χ1) is 6.35. The third kappa shape index (κ3) is 2.42. The maximum absolute atomic E-state index is 14.2. The smallest absolute Gasteiger partial charge is 0.130 e. The van der Waals surface area contributed by atoms with Crippen LogP contribution in [0.15, 0.2) is 0 Å². The Labute approximate surface area is 84.2 Å². The zero-order valence-corrected chi connectivity index (χ0v) is 9.06. The lowest BCUT2D eigenvalue weighted by atomic mass is 9.95. The summed E-state index contributed by atoms with van der Waals surface area (Å²) in [6, 6.07) is -0.779. The molecule has 0 aromatic rings. The number of rotatable bonds is 3. The molecule has 0 heterocycles. The highest BCUT2D eigenvalue weighted by molar-refractivity contribution is 5.03. The summed E-state index contributed by atoms with van der Waals surface area (Å²) in [5.41, 5.74) is 4.00. The van der Waals surface area contributed by atoms with Gasteiger partial charge in [-0.1, -0.05) is 13.8 Å². The first kappa shape index (κ1) is 11.9. The van der Waals surface area contributed by atoms with E-state index in [2.05, 4.69) is 5.32 Å². The van der Waals surface area contributed by atoms with E-state index < -0.39 is 17.9 Å². The lowest BCUT2D eigenvalue weighted by Crippen LogP contribution is -2.47. The summed E-state index contributed by atoms with van der Waals surface area (Å²) < 4.78 is 27.3. The molecule has 1 rings (SSSR count). The first-order valence-electron chi connectivity index (χ1n) is 5.20. The largest absolute Gasteiger partial charge is 0.325 e. The SMILES string of the molecule is CC(C)NC(C)C1(F)CC(N)C(F)C1. The van der Waals surface area contributed by atoms with Gasteiger partial charge in [0.1, 0.15) is 11.8 Å². The molecule has 0 aromatic heterocycles. The Morgan fingerprint density at radius 1 is 1.36 bits per heavy atom. The van der Waals surface area contributed by atoms with Crippen LogP contribution in [-0.4, -0.2) is 30.0 Å². The topological polar surface area (TPSA) is 38.0 Å². The van der Waals surface area contributed by atoms with Gasteiger partial charge in [-0.25, -0.2) is 8.78 Å². The second-order valence-electron chi connectivity index (χ2n) is 4.67. The third-order valence-electron chi connectivity index (χ3n) is 2.93. The van der Waals surface area contributed by atoms with Gasteiger partial charge < -0.3 is 11.1 Å². The Hall–Kier alpha value is -0.220. The van der Waals surface area contributed by atoms with Gasteiger partial charge in [-0.3, -0.25) is 0 Å². The summed E-state index contributed by atoms with van der Waals surface area (Å²) in [4.78, 5) is 0. The van der Waals surface area contributed by atoms with Crippen LogP contribution in [0.25, 0.3) is 0 Å². The van der Waals surface area contributed by atoms with E-state index >= 15 is 0 Å². The molecular weight excluding hydrogens is 186 g/mol. The fraction of sp³-hybridized carbons (Fsp3) is 1.00. The summed E-state index contributed by atoms with van der Waals surface area (Å²) in [7, 11) is 0. The number of nitrogens with two attached hydrogens (primary N) is 1.